The minimum Gasteiger partial charge on any atom is -0.494 e. The number of benzene rings is 1. The van der Waals surface area contributed by atoms with E-state index < -0.39 is 0 Å². The molecule has 1 aliphatic heterocycles. The summed E-state index contributed by atoms with van der Waals surface area (Å²) >= 11 is 1.72. The Balaban J connectivity index is 1.29. The van der Waals surface area contributed by atoms with Gasteiger partial charge in [0.1, 0.15) is 5.75 Å². The Hall–Kier alpha value is -1.82. The number of unbranched alkanes of at least 4 members (excludes halogenated alkanes) is 1. The van der Waals surface area contributed by atoms with Crippen molar-refractivity contribution >= 4 is 32.6 Å². The normalized spacial score (nSPS) is 22.5. The minimum atomic E-state index is 0.258. The first-order valence-corrected chi connectivity index (χ1v) is 12.6. The molecule has 2 aliphatic rings. The molecule has 1 saturated carbocycles. The molecule has 30 heavy (non-hydrogen) atoms. The highest BCUT2D eigenvalue weighted by Gasteiger charge is 2.31. The third kappa shape index (κ3) is 4.90. The molecule has 164 valence electrons. The van der Waals surface area contributed by atoms with Crippen LogP contribution < -0.4 is 9.64 Å². The maximum absolute atomic E-state index is 13.0. The summed E-state index contributed by atoms with van der Waals surface area (Å²) in [5, 5.41) is 1.06. The number of amides is 1. The first kappa shape index (κ1) is 21.4. The zero-order valence-corrected chi connectivity index (χ0v) is 19.3. The zero-order valence-electron chi connectivity index (χ0n) is 18.4. The monoisotopic (exact) mass is 429 g/mol. The summed E-state index contributed by atoms with van der Waals surface area (Å²) in [5.74, 6) is 2.41. The summed E-state index contributed by atoms with van der Waals surface area (Å²) in [5.41, 5.74) is 1.02. The van der Waals surface area contributed by atoms with Crippen LogP contribution >= 0.6 is 11.3 Å². The molecule has 0 unspecified atom stereocenters. The van der Waals surface area contributed by atoms with Gasteiger partial charge in [0.05, 0.1) is 16.8 Å². The van der Waals surface area contributed by atoms with Gasteiger partial charge in [0.25, 0.3) is 0 Å². The molecule has 0 bridgehead atoms. The standard InChI is InChI=1S/C24H35N3O2S/c1-3-5-6-18-7-9-19(10-8-18)23(28)26-13-15-27(16-14-26)24-25-21-12-11-20(29-4-2)17-22(21)30-24/h11-12,17-19H,3-10,13-16H2,1-2H3. The largest absolute Gasteiger partial charge is 0.494 e. The Kier molecular flexibility index (Phi) is 7.13. The Labute approximate surface area is 184 Å². The number of hydrogen-bond acceptors (Lipinski definition) is 5. The highest BCUT2D eigenvalue weighted by atomic mass is 32.1. The topological polar surface area (TPSA) is 45.7 Å². The van der Waals surface area contributed by atoms with E-state index in [1.165, 1.54) is 32.1 Å². The van der Waals surface area contributed by atoms with Crippen molar-refractivity contribution in [1.82, 2.24) is 9.88 Å². The summed E-state index contributed by atoms with van der Waals surface area (Å²) in [7, 11) is 0. The van der Waals surface area contributed by atoms with Gasteiger partial charge >= 0.3 is 0 Å². The number of nitrogens with zero attached hydrogens (tertiary/aromatic N) is 3. The Bertz CT molecular complexity index is 836. The number of piperazine rings is 1. The maximum Gasteiger partial charge on any atom is 0.225 e. The van der Waals surface area contributed by atoms with Crippen LogP contribution in [-0.4, -0.2) is 48.6 Å². The van der Waals surface area contributed by atoms with Crippen molar-refractivity contribution in [2.75, 3.05) is 37.7 Å². The highest BCUT2D eigenvalue weighted by molar-refractivity contribution is 7.22. The second-order valence-electron chi connectivity index (χ2n) is 8.73. The van der Waals surface area contributed by atoms with Crippen LogP contribution in [0.15, 0.2) is 18.2 Å². The summed E-state index contributed by atoms with van der Waals surface area (Å²) in [6.45, 7) is 8.31. The number of carbonyl (C=O) groups excluding carboxylic acids is 1. The summed E-state index contributed by atoms with van der Waals surface area (Å²) in [6.07, 6.45) is 8.64. The van der Waals surface area contributed by atoms with Crippen LogP contribution in [0.2, 0.25) is 0 Å². The number of rotatable bonds is 7. The molecule has 4 rings (SSSR count). The zero-order chi connectivity index (χ0) is 20.9. The SMILES string of the molecule is CCCCC1CCC(C(=O)N2CCN(c3nc4ccc(OCC)cc4s3)CC2)CC1. The summed E-state index contributed by atoms with van der Waals surface area (Å²) in [4.78, 5) is 22.3. The minimum absolute atomic E-state index is 0.258. The van der Waals surface area contributed by atoms with Crippen LogP contribution in [-0.2, 0) is 4.79 Å². The molecule has 0 radical (unpaired) electrons. The quantitative estimate of drug-likeness (QED) is 0.596. The lowest BCUT2D eigenvalue weighted by molar-refractivity contribution is -0.137. The van der Waals surface area contributed by atoms with E-state index in [-0.39, 0.29) is 5.92 Å². The van der Waals surface area contributed by atoms with Crippen molar-refractivity contribution < 1.29 is 9.53 Å². The lowest BCUT2D eigenvalue weighted by Crippen LogP contribution is -2.50. The Morgan fingerprint density at radius 2 is 1.90 bits per heavy atom. The van der Waals surface area contributed by atoms with E-state index in [4.69, 9.17) is 9.72 Å². The number of ether oxygens (including phenoxy) is 1. The second-order valence-corrected chi connectivity index (χ2v) is 9.74. The average molecular weight is 430 g/mol. The first-order chi connectivity index (χ1) is 14.7. The number of carbonyl (C=O) groups is 1. The van der Waals surface area contributed by atoms with Gasteiger partial charge in [-0.3, -0.25) is 4.79 Å². The fraction of sp³-hybridized carbons (Fsp3) is 0.667. The predicted molar refractivity (Wildman–Crippen MR) is 125 cm³/mol. The van der Waals surface area contributed by atoms with E-state index in [0.717, 1.165) is 66.0 Å². The van der Waals surface area contributed by atoms with Gasteiger partial charge in [0.15, 0.2) is 5.13 Å². The first-order valence-electron chi connectivity index (χ1n) is 11.7. The number of anilines is 1. The van der Waals surface area contributed by atoms with Crippen molar-refractivity contribution in [3.8, 4) is 5.75 Å². The summed E-state index contributed by atoms with van der Waals surface area (Å²) < 4.78 is 6.78. The van der Waals surface area contributed by atoms with Crippen molar-refractivity contribution in [3.63, 3.8) is 0 Å². The van der Waals surface area contributed by atoms with Crippen LogP contribution in [0, 0.1) is 11.8 Å². The number of fused-ring (bicyclic) bond motifs is 1. The van der Waals surface area contributed by atoms with Crippen molar-refractivity contribution in [2.24, 2.45) is 11.8 Å². The fourth-order valence-corrected chi connectivity index (χ4v) is 5.90. The molecular weight excluding hydrogens is 394 g/mol. The van der Waals surface area contributed by atoms with Crippen LogP contribution in [0.1, 0.15) is 58.8 Å². The molecule has 0 spiro atoms. The molecule has 6 heteroatoms. The van der Waals surface area contributed by atoms with E-state index in [1.54, 1.807) is 11.3 Å². The van der Waals surface area contributed by atoms with Gasteiger partial charge in [0.2, 0.25) is 5.91 Å². The second kappa shape index (κ2) is 9.99. The number of aromatic nitrogens is 1. The highest BCUT2D eigenvalue weighted by Crippen LogP contribution is 2.34. The number of thiazole rings is 1. The van der Waals surface area contributed by atoms with Crippen molar-refractivity contribution in [1.29, 1.82) is 0 Å². The van der Waals surface area contributed by atoms with Gasteiger partial charge in [-0.15, -0.1) is 0 Å². The van der Waals surface area contributed by atoms with Gasteiger partial charge in [-0.1, -0.05) is 37.5 Å². The van der Waals surface area contributed by atoms with E-state index in [2.05, 4.69) is 22.8 Å². The van der Waals surface area contributed by atoms with Crippen LogP contribution in [0.3, 0.4) is 0 Å². The van der Waals surface area contributed by atoms with Gasteiger partial charge in [-0.25, -0.2) is 4.98 Å². The molecule has 1 aliphatic carbocycles. The van der Waals surface area contributed by atoms with E-state index in [9.17, 15) is 4.79 Å². The van der Waals surface area contributed by atoms with Crippen molar-refractivity contribution in [2.45, 2.75) is 58.8 Å². The van der Waals surface area contributed by atoms with Crippen LogP contribution in [0.25, 0.3) is 10.2 Å². The predicted octanol–water partition coefficient (Wildman–Crippen LogP) is 5.34. The van der Waals surface area contributed by atoms with Gasteiger partial charge < -0.3 is 14.5 Å². The van der Waals surface area contributed by atoms with Crippen molar-refractivity contribution in [3.05, 3.63) is 18.2 Å². The molecule has 1 saturated heterocycles. The van der Waals surface area contributed by atoms with Crippen LogP contribution in [0.5, 0.6) is 5.75 Å². The Morgan fingerprint density at radius 1 is 1.13 bits per heavy atom. The smallest absolute Gasteiger partial charge is 0.225 e. The van der Waals surface area contributed by atoms with E-state index in [1.807, 2.05) is 19.1 Å². The molecule has 1 amide bonds. The summed E-state index contributed by atoms with van der Waals surface area (Å²) in [6, 6.07) is 6.11. The molecule has 0 atom stereocenters. The lowest BCUT2D eigenvalue weighted by atomic mass is 9.79. The molecule has 2 aromatic rings. The van der Waals surface area contributed by atoms with Gasteiger partial charge in [-0.2, -0.15) is 0 Å². The lowest BCUT2D eigenvalue weighted by Gasteiger charge is -2.37. The molecule has 0 N–H and O–H groups in total. The van der Waals surface area contributed by atoms with Gasteiger partial charge in [-0.05, 0) is 56.7 Å². The van der Waals surface area contributed by atoms with E-state index in [0.29, 0.717) is 12.5 Å². The van der Waals surface area contributed by atoms with E-state index >= 15 is 0 Å². The van der Waals surface area contributed by atoms with Gasteiger partial charge in [0, 0.05) is 32.1 Å². The fourth-order valence-electron chi connectivity index (χ4n) is 4.85. The number of hydrogen-bond donors (Lipinski definition) is 0. The average Bonchev–Trinajstić information content (AvgIpc) is 3.21. The molecule has 2 heterocycles. The molecule has 1 aromatic heterocycles. The molecule has 5 nitrogen and oxygen atoms in total. The molecular formula is C24H35N3O2S. The molecule has 1 aromatic carbocycles. The van der Waals surface area contributed by atoms with Crippen LogP contribution in [0.4, 0.5) is 5.13 Å². The molecule has 2 fully saturated rings. The third-order valence-electron chi connectivity index (χ3n) is 6.68. The Morgan fingerprint density at radius 3 is 2.60 bits per heavy atom. The maximum atomic E-state index is 13.0. The third-order valence-corrected chi connectivity index (χ3v) is 7.76.